The number of hydrogen-bond donors (Lipinski definition) is 1. The van der Waals surface area contributed by atoms with Gasteiger partial charge in [0.25, 0.3) is 15.9 Å². The maximum atomic E-state index is 12.9. The van der Waals surface area contributed by atoms with Gasteiger partial charge in [-0.15, -0.1) is 0 Å². The lowest BCUT2D eigenvalue weighted by Crippen LogP contribution is -2.28. The SMILES string of the molecule is CCCC=CS(=O)(=O)NC(=O)c1ccc2nc(C)n(Cc3ccc(C(F)(F)F)cc3Cl)c2c1. The van der Waals surface area contributed by atoms with E-state index in [0.29, 0.717) is 28.8 Å². The molecule has 1 amide bonds. The molecule has 0 spiro atoms. The second-order valence-corrected chi connectivity index (χ2v) is 9.36. The monoisotopic (exact) mass is 499 g/mol. The molecule has 0 aliphatic heterocycles. The molecule has 0 atom stereocenters. The lowest BCUT2D eigenvalue weighted by molar-refractivity contribution is -0.137. The molecule has 11 heteroatoms. The number of sulfonamides is 1. The molecule has 0 aliphatic carbocycles. The standard InChI is InChI=1S/C22H21ClF3N3O3S/c1-3-4-5-10-33(31,32)28-21(30)15-7-9-19-20(11-15)29(14(2)27-19)13-16-6-8-17(12-18(16)23)22(24,25)26/h5-12H,3-4,13H2,1-2H3,(H,28,30). The van der Waals surface area contributed by atoms with Gasteiger partial charge in [0.15, 0.2) is 0 Å². The van der Waals surface area contributed by atoms with Gasteiger partial charge in [-0.05, 0) is 49.2 Å². The van der Waals surface area contributed by atoms with E-state index in [0.717, 1.165) is 24.0 Å². The highest BCUT2D eigenvalue weighted by Gasteiger charge is 2.31. The van der Waals surface area contributed by atoms with Crippen molar-refractivity contribution in [2.24, 2.45) is 0 Å². The van der Waals surface area contributed by atoms with Gasteiger partial charge in [-0.1, -0.05) is 37.1 Å². The number of amides is 1. The van der Waals surface area contributed by atoms with Crippen LogP contribution in [0.4, 0.5) is 13.2 Å². The summed E-state index contributed by atoms with van der Waals surface area (Å²) in [5, 5.41) is 0.901. The van der Waals surface area contributed by atoms with E-state index in [1.54, 1.807) is 17.6 Å². The van der Waals surface area contributed by atoms with Crippen LogP contribution in [0.1, 0.15) is 47.1 Å². The number of unbranched alkanes of at least 4 members (excludes halogenated alkanes) is 1. The van der Waals surface area contributed by atoms with Crippen LogP contribution >= 0.6 is 11.6 Å². The Hall–Kier alpha value is -2.85. The summed E-state index contributed by atoms with van der Waals surface area (Å²) < 4.78 is 66.6. The smallest absolute Gasteiger partial charge is 0.324 e. The fraction of sp³-hybridized carbons (Fsp3) is 0.273. The fourth-order valence-corrected chi connectivity index (χ4v) is 4.26. The van der Waals surface area contributed by atoms with Crippen LogP contribution in [0.5, 0.6) is 0 Å². The summed E-state index contributed by atoms with van der Waals surface area (Å²) in [5.74, 6) is -0.260. The molecule has 3 rings (SSSR count). The van der Waals surface area contributed by atoms with Gasteiger partial charge in [0.1, 0.15) is 5.82 Å². The number of nitrogens with one attached hydrogen (secondary N) is 1. The minimum atomic E-state index is -4.51. The second kappa shape index (κ2) is 9.56. The number of halogens is 4. The predicted octanol–water partition coefficient (Wildman–Crippen LogP) is 5.44. The Labute approximate surface area is 194 Å². The zero-order valence-corrected chi connectivity index (χ0v) is 19.4. The minimum absolute atomic E-state index is 0.0510. The number of alkyl halides is 3. The lowest BCUT2D eigenvalue weighted by atomic mass is 10.1. The fourth-order valence-electron chi connectivity index (χ4n) is 3.19. The first kappa shape index (κ1) is 24.8. The number of rotatable bonds is 7. The summed E-state index contributed by atoms with van der Waals surface area (Å²) in [7, 11) is -3.94. The summed E-state index contributed by atoms with van der Waals surface area (Å²) in [5.41, 5.74) is 0.727. The van der Waals surface area contributed by atoms with Crippen molar-refractivity contribution in [3.63, 3.8) is 0 Å². The molecule has 1 N–H and O–H groups in total. The van der Waals surface area contributed by atoms with E-state index in [1.165, 1.54) is 24.3 Å². The summed E-state index contributed by atoms with van der Waals surface area (Å²) in [6.45, 7) is 3.72. The van der Waals surface area contributed by atoms with Gasteiger partial charge in [0, 0.05) is 16.0 Å². The molecule has 33 heavy (non-hydrogen) atoms. The molecule has 0 saturated heterocycles. The Balaban J connectivity index is 1.92. The molecule has 1 heterocycles. The summed E-state index contributed by atoms with van der Waals surface area (Å²) >= 11 is 6.09. The van der Waals surface area contributed by atoms with E-state index in [9.17, 15) is 26.4 Å². The third-order valence-electron chi connectivity index (χ3n) is 4.88. The number of nitrogens with zero attached hydrogens (tertiary/aromatic N) is 2. The molecule has 0 radical (unpaired) electrons. The Morgan fingerprint density at radius 2 is 1.94 bits per heavy atom. The van der Waals surface area contributed by atoms with Crippen molar-refractivity contribution < 1.29 is 26.4 Å². The molecular formula is C22H21ClF3N3O3S. The molecule has 0 unspecified atom stereocenters. The topological polar surface area (TPSA) is 81.1 Å². The van der Waals surface area contributed by atoms with Crippen molar-refractivity contribution in [1.29, 1.82) is 0 Å². The zero-order valence-electron chi connectivity index (χ0n) is 17.8. The van der Waals surface area contributed by atoms with E-state index in [2.05, 4.69) is 4.98 Å². The number of aryl methyl sites for hydroxylation is 1. The Bertz CT molecular complexity index is 1330. The first-order chi connectivity index (χ1) is 15.4. The zero-order chi connectivity index (χ0) is 24.4. The maximum Gasteiger partial charge on any atom is 0.416 e. The summed E-state index contributed by atoms with van der Waals surface area (Å²) in [6, 6.07) is 7.61. The first-order valence-corrected chi connectivity index (χ1v) is 11.9. The van der Waals surface area contributed by atoms with E-state index < -0.39 is 27.7 Å². The molecular weight excluding hydrogens is 479 g/mol. The van der Waals surface area contributed by atoms with Crippen LogP contribution in [0.25, 0.3) is 11.0 Å². The molecule has 0 bridgehead atoms. The third-order valence-corrected chi connectivity index (χ3v) is 6.25. The minimum Gasteiger partial charge on any atom is -0.324 e. The quantitative estimate of drug-likeness (QED) is 0.469. The van der Waals surface area contributed by atoms with Gasteiger partial charge in [0.2, 0.25) is 0 Å². The van der Waals surface area contributed by atoms with Gasteiger partial charge in [-0.3, -0.25) is 4.79 Å². The molecule has 1 aromatic heterocycles. The first-order valence-electron chi connectivity index (χ1n) is 9.97. The largest absolute Gasteiger partial charge is 0.416 e. The molecule has 0 saturated carbocycles. The molecule has 0 fully saturated rings. The number of allylic oxidation sites excluding steroid dienone is 1. The highest BCUT2D eigenvalue weighted by Crippen LogP contribution is 2.32. The predicted molar refractivity (Wildman–Crippen MR) is 120 cm³/mol. The van der Waals surface area contributed by atoms with Crippen molar-refractivity contribution in [3.05, 3.63) is 75.4 Å². The Kier molecular flexibility index (Phi) is 7.18. The number of hydrogen-bond acceptors (Lipinski definition) is 4. The molecule has 3 aromatic rings. The molecule has 6 nitrogen and oxygen atoms in total. The van der Waals surface area contributed by atoms with Crippen LogP contribution in [-0.2, 0) is 22.7 Å². The van der Waals surface area contributed by atoms with Crippen molar-refractivity contribution in [2.45, 2.75) is 39.4 Å². The third kappa shape index (κ3) is 5.94. The van der Waals surface area contributed by atoms with Crippen molar-refractivity contribution in [1.82, 2.24) is 14.3 Å². The van der Waals surface area contributed by atoms with Crippen molar-refractivity contribution in [3.8, 4) is 0 Å². The van der Waals surface area contributed by atoms with Crippen molar-refractivity contribution in [2.75, 3.05) is 0 Å². The van der Waals surface area contributed by atoms with Crippen LogP contribution in [0.2, 0.25) is 5.02 Å². The molecule has 0 aliphatic rings. The number of aromatic nitrogens is 2. The van der Waals surface area contributed by atoms with Gasteiger partial charge in [0.05, 0.1) is 23.1 Å². The number of fused-ring (bicyclic) bond motifs is 1. The van der Waals surface area contributed by atoms with Crippen LogP contribution in [0, 0.1) is 6.92 Å². The number of benzene rings is 2. The van der Waals surface area contributed by atoms with Crippen molar-refractivity contribution >= 4 is 38.6 Å². The van der Waals surface area contributed by atoms with Crippen LogP contribution in [0.15, 0.2) is 47.9 Å². The number of carbonyl (C=O) groups is 1. The average Bonchev–Trinajstić information content (AvgIpc) is 3.02. The maximum absolute atomic E-state index is 12.9. The second-order valence-electron chi connectivity index (χ2n) is 7.39. The average molecular weight is 500 g/mol. The van der Waals surface area contributed by atoms with Gasteiger partial charge in [-0.2, -0.15) is 13.2 Å². The normalized spacial score (nSPS) is 12.5. The van der Waals surface area contributed by atoms with E-state index in [1.807, 2.05) is 11.6 Å². The Morgan fingerprint density at radius 3 is 2.58 bits per heavy atom. The van der Waals surface area contributed by atoms with Crippen LogP contribution < -0.4 is 4.72 Å². The van der Waals surface area contributed by atoms with E-state index in [-0.39, 0.29) is 17.1 Å². The van der Waals surface area contributed by atoms with Crippen LogP contribution in [-0.4, -0.2) is 23.9 Å². The lowest BCUT2D eigenvalue weighted by Gasteiger charge is -2.12. The highest BCUT2D eigenvalue weighted by molar-refractivity contribution is 7.92. The van der Waals surface area contributed by atoms with Gasteiger partial charge < -0.3 is 4.57 Å². The van der Waals surface area contributed by atoms with E-state index in [4.69, 9.17) is 11.6 Å². The number of imidazole rings is 1. The Morgan fingerprint density at radius 1 is 1.21 bits per heavy atom. The van der Waals surface area contributed by atoms with Gasteiger partial charge in [-0.25, -0.2) is 18.1 Å². The molecule has 176 valence electrons. The highest BCUT2D eigenvalue weighted by atomic mass is 35.5. The van der Waals surface area contributed by atoms with Crippen LogP contribution in [0.3, 0.4) is 0 Å². The summed E-state index contributed by atoms with van der Waals surface area (Å²) in [6.07, 6.45) is -1.71. The van der Waals surface area contributed by atoms with E-state index >= 15 is 0 Å². The molecule has 2 aromatic carbocycles. The number of carbonyl (C=O) groups excluding carboxylic acids is 1. The summed E-state index contributed by atoms with van der Waals surface area (Å²) in [4.78, 5) is 16.9. The van der Waals surface area contributed by atoms with Gasteiger partial charge >= 0.3 is 6.18 Å².